The van der Waals surface area contributed by atoms with Crippen LogP contribution >= 0.6 is 23.5 Å². The van der Waals surface area contributed by atoms with Crippen molar-refractivity contribution in [3.8, 4) is 0 Å². The second kappa shape index (κ2) is 21.4. The van der Waals surface area contributed by atoms with Crippen LogP contribution in [-0.4, -0.2) is 108 Å². The average Bonchev–Trinajstić information content (AvgIpc) is 2.96. The number of carbonyl (C=O) groups is 2. The van der Waals surface area contributed by atoms with E-state index in [1.807, 2.05) is 13.8 Å². The standard InChI is InChI=1S/C25H49O19P3/c1-3-5-7-9-11-13-18(26)39-15-17(41-19(27)14-12-10-8-6-4-2)16-40-47(37,38)44-25-21(29)23(42-45(31,32)33)20(28)24(22(25)30)43-46(34,35)36/h17,20-25,28-30H,3-16H2,1-2H3,(H,37,38)(H2,31,32,33)(H2,34,35,36)/t17-,20?,21-,22-,23-,24+,25?/m1/s1. The molecule has 0 aliphatic heterocycles. The molecule has 1 aliphatic rings. The fourth-order valence-electron chi connectivity index (χ4n) is 4.58. The zero-order valence-electron chi connectivity index (χ0n) is 26.4. The molecule has 0 amide bonds. The number of rotatable bonds is 24. The first-order valence-corrected chi connectivity index (χ1v) is 19.9. The van der Waals surface area contributed by atoms with Crippen LogP contribution < -0.4 is 0 Å². The molecule has 0 radical (unpaired) electrons. The fraction of sp³-hybridized carbons (Fsp3) is 0.920. The van der Waals surface area contributed by atoms with Gasteiger partial charge in [0.25, 0.3) is 0 Å². The van der Waals surface area contributed by atoms with E-state index in [9.17, 15) is 43.5 Å². The Morgan fingerprint density at radius 2 is 1.00 bits per heavy atom. The molecule has 0 bridgehead atoms. The molecule has 0 aromatic carbocycles. The van der Waals surface area contributed by atoms with Gasteiger partial charge in [0.2, 0.25) is 0 Å². The Morgan fingerprint density at radius 1 is 0.596 bits per heavy atom. The number of esters is 2. The second-order valence-electron chi connectivity index (χ2n) is 11.1. The third-order valence-electron chi connectivity index (χ3n) is 6.91. The quantitative estimate of drug-likeness (QED) is 0.0396. The summed E-state index contributed by atoms with van der Waals surface area (Å²) in [5, 5.41) is 31.4. The molecule has 0 aromatic heterocycles. The Kier molecular flexibility index (Phi) is 20.1. The van der Waals surface area contributed by atoms with Crippen molar-refractivity contribution >= 4 is 35.4 Å². The SMILES string of the molecule is CCCCCCCC(=O)OC[C@H](COP(=O)(O)OC1[C@H](O)[C@H](OP(=O)(O)O)C(O)[C@H](OP(=O)(O)O)[C@H]1O)OC(=O)CCCCCCC. The highest BCUT2D eigenvalue weighted by molar-refractivity contribution is 7.47. The number of phosphoric acid groups is 3. The van der Waals surface area contributed by atoms with Gasteiger partial charge in [-0.1, -0.05) is 65.2 Å². The van der Waals surface area contributed by atoms with Crippen molar-refractivity contribution in [3.63, 3.8) is 0 Å². The predicted molar refractivity (Wildman–Crippen MR) is 160 cm³/mol. The number of hydrogen-bond donors (Lipinski definition) is 8. The average molecular weight is 747 g/mol. The number of phosphoric ester groups is 3. The van der Waals surface area contributed by atoms with Crippen molar-refractivity contribution in [2.45, 2.75) is 134 Å². The lowest BCUT2D eigenvalue weighted by Gasteiger charge is -2.44. The fourth-order valence-corrected chi connectivity index (χ4v) is 6.69. The number of unbranched alkanes of at least 4 members (excludes halogenated alkanes) is 8. The lowest BCUT2D eigenvalue weighted by molar-refractivity contribution is -0.213. The minimum atomic E-state index is -5.53. The van der Waals surface area contributed by atoms with Gasteiger partial charge >= 0.3 is 35.4 Å². The van der Waals surface area contributed by atoms with Crippen LogP contribution in [-0.2, 0) is 50.9 Å². The van der Waals surface area contributed by atoms with Gasteiger partial charge < -0.3 is 49.3 Å². The van der Waals surface area contributed by atoms with E-state index in [2.05, 4.69) is 9.05 Å². The van der Waals surface area contributed by atoms with E-state index in [1.54, 1.807) is 0 Å². The Balaban J connectivity index is 3.01. The summed E-state index contributed by atoms with van der Waals surface area (Å²) in [4.78, 5) is 71.6. The number of ether oxygens (including phenoxy) is 2. The van der Waals surface area contributed by atoms with E-state index in [0.29, 0.717) is 12.8 Å². The predicted octanol–water partition coefficient (Wildman–Crippen LogP) is 1.72. The van der Waals surface area contributed by atoms with Crippen molar-refractivity contribution in [1.82, 2.24) is 0 Å². The smallest absolute Gasteiger partial charge is 0.462 e. The van der Waals surface area contributed by atoms with Gasteiger partial charge in [-0.15, -0.1) is 0 Å². The zero-order valence-corrected chi connectivity index (χ0v) is 29.0. The van der Waals surface area contributed by atoms with Crippen LogP contribution in [0.4, 0.5) is 0 Å². The first-order valence-electron chi connectivity index (χ1n) is 15.3. The van der Waals surface area contributed by atoms with Crippen LogP contribution in [0.2, 0.25) is 0 Å². The number of carbonyl (C=O) groups excluding carboxylic acids is 2. The molecule has 1 fully saturated rings. The molecule has 0 spiro atoms. The lowest BCUT2D eigenvalue weighted by Crippen LogP contribution is -2.65. The molecule has 0 heterocycles. The van der Waals surface area contributed by atoms with Gasteiger partial charge in [0.1, 0.15) is 43.2 Å². The van der Waals surface area contributed by atoms with Crippen molar-refractivity contribution in [1.29, 1.82) is 0 Å². The monoisotopic (exact) mass is 746 g/mol. The Labute approximate surface area is 272 Å². The van der Waals surface area contributed by atoms with Gasteiger partial charge in [0.15, 0.2) is 6.10 Å². The van der Waals surface area contributed by atoms with Gasteiger partial charge in [-0.3, -0.25) is 27.7 Å². The molecule has 0 aromatic rings. The van der Waals surface area contributed by atoms with Crippen LogP contribution in [0.25, 0.3) is 0 Å². The molecular weight excluding hydrogens is 697 g/mol. The summed E-state index contributed by atoms with van der Waals surface area (Å²) in [5.41, 5.74) is 0. The van der Waals surface area contributed by atoms with Crippen LogP contribution in [0.1, 0.15) is 90.9 Å². The second-order valence-corrected chi connectivity index (χ2v) is 14.8. The van der Waals surface area contributed by atoms with Gasteiger partial charge in [-0.25, -0.2) is 13.7 Å². The van der Waals surface area contributed by atoms with Crippen LogP contribution in [0.3, 0.4) is 0 Å². The van der Waals surface area contributed by atoms with Gasteiger partial charge in [-0.05, 0) is 12.8 Å². The molecule has 1 aliphatic carbocycles. The van der Waals surface area contributed by atoms with Crippen LogP contribution in [0, 0.1) is 0 Å². The molecule has 8 atom stereocenters. The van der Waals surface area contributed by atoms with E-state index < -0.39 is 91.3 Å². The topological polar surface area (TPSA) is 303 Å². The van der Waals surface area contributed by atoms with Crippen molar-refractivity contribution in [2.75, 3.05) is 13.2 Å². The van der Waals surface area contributed by atoms with Gasteiger partial charge in [-0.2, -0.15) is 0 Å². The third-order valence-corrected chi connectivity index (χ3v) is 8.93. The highest BCUT2D eigenvalue weighted by Gasteiger charge is 2.56. The Morgan fingerprint density at radius 3 is 1.43 bits per heavy atom. The summed E-state index contributed by atoms with van der Waals surface area (Å²) in [6, 6.07) is 0. The maximum Gasteiger partial charge on any atom is 0.472 e. The van der Waals surface area contributed by atoms with E-state index in [4.69, 9.17) is 38.1 Å². The van der Waals surface area contributed by atoms with E-state index in [1.165, 1.54) is 0 Å². The Bertz CT molecular complexity index is 1040. The molecule has 19 nitrogen and oxygen atoms in total. The zero-order chi connectivity index (χ0) is 35.8. The minimum Gasteiger partial charge on any atom is -0.462 e. The molecule has 278 valence electrons. The van der Waals surface area contributed by atoms with E-state index >= 15 is 0 Å². The molecule has 0 saturated heterocycles. The number of aliphatic hydroxyl groups excluding tert-OH is 3. The summed E-state index contributed by atoms with van der Waals surface area (Å²) in [7, 11) is -16.5. The molecule has 3 unspecified atom stereocenters. The highest BCUT2D eigenvalue weighted by atomic mass is 31.2. The van der Waals surface area contributed by atoms with E-state index in [0.717, 1.165) is 51.4 Å². The van der Waals surface area contributed by atoms with Crippen molar-refractivity contribution < 1.29 is 90.6 Å². The molecule has 22 heteroatoms. The molecule has 1 saturated carbocycles. The summed E-state index contributed by atoms with van der Waals surface area (Å²) in [6.07, 6.45) is -7.85. The number of aliphatic hydroxyl groups is 3. The lowest BCUT2D eigenvalue weighted by atomic mass is 9.85. The maximum absolute atomic E-state index is 12.9. The van der Waals surface area contributed by atoms with Crippen LogP contribution in [0.5, 0.6) is 0 Å². The van der Waals surface area contributed by atoms with Crippen molar-refractivity contribution in [2.24, 2.45) is 0 Å². The first-order chi connectivity index (χ1) is 21.8. The molecular formula is C25H49O19P3. The molecule has 8 N–H and O–H groups in total. The Hall–Kier alpha value is -0.850. The maximum atomic E-state index is 12.9. The van der Waals surface area contributed by atoms with Gasteiger partial charge in [0.05, 0.1) is 6.61 Å². The summed E-state index contributed by atoms with van der Waals surface area (Å²) >= 11 is 0. The summed E-state index contributed by atoms with van der Waals surface area (Å²) in [5.74, 6) is -1.34. The van der Waals surface area contributed by atoms with Crippen molar-refractivity contribution in [3.05, 3.63) is 0 Å². The van der Waals surface area contributed by atoms with Gasteiger partial charge in [0, 0.05) is 12.8 Å². The number of hydrogen-bond acceptors (Lipinski definition) is 14. The minimum absolute atomic E-state index is 0.0103. The highest BCUT2D eigenvalue weighted by Crippen LogP contribution is 2.51. The van der Waals surface area contributed by atoms with E-state index in [-0.39, 0.29) is 12.8 Å². The molecule has 47 heavy (non-hydrogen) atoms. The van der Waals surface area contributed by atoms with Crippen LogP contribution in [0.15, 0.2) is 0 Å². The summed E-state index contributed by atoms with van der Waals surface area (Å²) in [6.45, 7) is 2.56. The normalized spacial score (nSPS) is 25.6. The third kappa shape index (κ3) is 18.6. The first kappa shape index (κ1) is 44.2. The molecule has 1 rings (SSSR count). The summed E-state index contributed by atoms with van der Waals surface area (Å²) < 4.78 is 64.2. The largest absolute Gasteiger partial charge is 0.472 e.